The van der Waals surface area contributed by atoms with Crippen LogP contribution in [-0.2, 0) is 11.3 Å². The Balaban J connectivity index is 0.000000198. The molecular weight excluding hydrogens is 306 g/mol. The third kappa shape index (κ3) is 4.76. The number of fused-ring (bicyclic) bond motifs is 1. The molecular formula is C18H19N3O3. The predicted octanol–water partition coefficient (Wildman–Crippen LogP) is 1.91. The molecule has 1 unspecified atom stereocenters. The number of aliphatic hydroxyl groups excluding tert-OH is 1. The molecule has 3 N–H and O–H groups in total. The summed E-state index contributed by atoms with van der Waals surface area (Å²) in [5.74, 6) is 0.450. The quantitative estimate of drug-likeness (QED) is 0.639. The van der Waals surface area contributed by atoms with Crippen molar-refractivity contribution in [3.05, 3.63) is 76.3 Å². The van der Waals surface area contributed by atoms with Gasteiger partial charge in [-0.15, -0.1) is 0 Å². The number of benzene rings is 2. The maximum Gasteiger partial charge on any atom is 0.258 e. The SMILES string of the molecule is CC(O)c1ccccc1.O=CNCc1nc2ccccc2c(=O)[nH]1. The maximum absolute atomic E-state index is 11.6. The minimum Gasteiger partial charge on any atom is -0.389 e. The summed E-state index contributed by atoms with van der Waals surface area (Å²) in [5.41, 5.74) is 1.41. The molecule has 3 aromatic rings. The van der Waals surface area contributed by atoms with Gasteiger partial charge in [-0.1, -0.05) is 42.5 Å². The van der Waals surface area contributed by atoms with Gasteiger partial charge in [-0.25, -0.2) is 4.98 Å². The first-order valence-corrected chi connectivity index (χ1v) is 7.50. The molecule has 6 heteroatoms. The van der Waals surface area contributed by atoms with Crippen LogP contribution in [0.5, 0.6) is 0 Å². The number of nitrogens with zero attached hydrogens (tertiary/aromatic N) is 1. The number of hydrogen-bond acceptors (Lipinski definition) is 4. The van der Waals surface area contributed by atoms with E-state index in [4.69, 9.17) is 5.11 Å². The molecule has 0 aliphatic rings. The normalized spacial score (nSPS) is 11.2. The van der Waals surface area contributed by atoms with Crippen molar-refractivity contribution in [2.75, 3.05) is 0 Å². The summed E-state index contributed by atoms with van der Waals surface area (Å²) in [7, 11) is 0. The summed E-state index contributed by atoms with van der Waals surface area (Å²) in [6.45, 7) is 1.99. The van der Waals surface area contributed by atoms with E-state index < -0.39 is 0 Å². The molecule has 0 spiro atoms. The number of nitrogens with one attached hydrogen (secondary N) is 2. The highest BCUT2D eigenvalue weighted by Crippen LogP contribution is 2.09. The molecule has 24 heavy (non-hydrogen) atoms. The topological polar surface area (TPSA) is 95.1 Å². The molecule has 2 aromatic carbocycles. The van der Waals surface area contributed by atoms with E-state index in [9.17, 15) is 9.59 Å². The molecule has 1 aromatic heterocycles. The van der Waals surface area contributed by atoms with Crippen LogP contribution in [0.4, 0.5) is 0 Å². The van der Waals surface area contributed by atoms with Crippen molar-refractivity contribution in [3.8, 4) is 0 Å². The number of H-pyrrole nitrogens is 1. The third-order valence-corrected chi connectivity index (χ3v) is 3.30. The second-order valence-electron chi connectivity index (χ2n) is 5.12. The molecule has 0 bridgehead atoms. The zero-order valence-electron chi connectivity index (χ0n) is 13.3. The number of aromatic nitrogens is 2. The number of amides is 1. The Morgan fingerprint density at radius 1 is 1.17 bits per heavy atom. The van der Waals surface area contributed by atoms with Crippen molar-refractivity contribution >= 4 is 17.3 Å². The Kier molecular flexibility index (Phi) is 6.22. The fourth-order valence-electron chi connectivity index (χ4n) is 2.09. The molecule has 1 atom stereocenters. The van der Waals surface area contributed by atoms with Crippen molar-refractivity contribution in [2.24, 2.45) is 0 Å². The van der Waals surface area contributed by atoms with Gasteiger partial charge in [0, 0.05) is 0 Å². The lowest BCUT2D eigenvalue weighted by Gasteiger charge is -2.01. The molecule has 124 valence electrons. The van der Waals surface area contributed by atoms with Crippen LogP contribution in [-0.4, -0.2) is 21.5 Å². The molecule has 0 aliphatic heterocycles. The predicted molar refractivity (Wildman–Crippen MR) is 92.3 cm³/mol. The average Bonchev–Trinajstić information content (AvgIpc) is 2.61. The summed E-state index contributed by atoms with van der Waals surface area (Å²) in [6.07, 6.45) is 0.223. The van der Waals surface area contributed by atoms with Gasteiger partial charge in [-0.3, -0.25) is 9.59 Å². The van der Waals surface area contributed by atoms with Gasteiger partial charge in [0.25, 0.3) is 5.56 Å². The molecule has 1 heterocycles. The van der Waals surface area contributed by atoms with Crippen molar-refractivity contribution < 1.29 is 9.90 Å². The molecule has 6 nitrogen and oxygen atoms in total. The zero-order chi connectivity index (χ0) is 17.4. The van der Waals surface area contributed by atoms with Crippen LogP contribution in [0, 0.1) is 0 Å². The second-order valence-corrected chi connectivity index (χ2v) is 5.12. The number of para-hydroxylation sites is 1. The van der Waals surface area contributed by atoms with Gasteiger partial charge in [0.2, 0.25) is 6.41 Å². The van der Waals surface area contributed by atoms with Gasteiger partial charge in [0.05, 0.1) is 23.6 Å². The smallest absolute Gasteiger partial charge is 0.258 e. The largest absolute Gasteiger partial charge is 0.389 e. The van der Waals surface area contributed by atoms with Gasteiger partial charge >= 0.3 is 0 Å². The van der Waals surface area contributed by atoms with Crippen LogP contribution in [0.1, 0.15) is 24.4 Å². The Morgan fingerprint density at radius 2 is 1.83 bits per heavy atom. The minimum atomic E-state index is -0.341. The molecule has 1 amide bonds. The Labute approximate surface area is 139 Å². The van der Waals surface area contributed by atoms with E-state index in [-0.39, 0.29) is 18.2 Å². The Hall–Kier alpha value is -2.99. The number of hydrogen-bond donors (Lipinski definition) is 3. The van der Waals surface area contributed by atoms with Crippen LogP contribution in [0.15, 0.2) is 59.4 Å². The molecule has 0 fully saturated rings. The van der Waals surface area contributed by atoms with Crippen LogP contribution in [0.25, 0.3) is 10.9 Å². The van der Waals surface area contributed by atoms with Crippen molar-refractivity contribution in [1.29, 1.82) is 0 Å². The van der Waals surface area contributed by atoms with Crippen molar-refractivity contribution in [2.45, 2.75) is 19.6 Å². The van der Waals surface area contributed by atoms with Crippen LogP contribution in [0.3, 0.4) is 0 Å². The van der Waals surface area contributed by atoms with E-state index in [0.717, 1.165) is 5.56 Å². The molecule has 0 saturated carbocycles. The van der Waals surface area contributed by atoms with Crippen LogP contribution < -0.4 is 10.9 Å². The lowest BCUT2D eigenvalue weighted by atomic mass is 10.1. The monoisotopic (exact) mass is 325 g/mol. The van der Waals surface area contributed by atoms with Crippen molar-refractivity contribution in [1.82, 2.24) is 15.3 Å². The average molecular weight is 325 g/mol. The van der Waals surface area contributed by atoms with Crippen molar-refractivity contribution in [3.63, 3.8) is 0 Å². The Morgan fingerprint density at radius 3 is 2.46 bits per heavy atom. The first-order valence-electron chi connectivity index (χ1n) is 7.50. The highest BCUT2D eigenvalue weighted by atomic mass is 16.3. The number of aliphatic hydroxyl groups is 1. The fourth-order valence-corrected chi connectivity index (χ4v) is 2.09. The summed E-state index contributed by atoms with van der Waals surface area (Å²) in [4.78, 5) is 28.4. The van der Waals surface area contributed by atoms with Gasteiger partial charge in [0.15, 0.2) is 0 Å². The summed E-state index contributed by atoms with van der Waals surface area (Å²) in [5, 5.41) is 12.0. The maximum atomic E-state index is 11.6. The molecule has 0 saturated heterocycles. The fraction of sp³-hybridized carbons (Fsp3) is 0.167. The third-order valence-electron chi connectivity index (χ3n) is 3.30. The molecule has 0 aliphatic carbocycles. The highest BCUT2D eigenvalue weighted by Gasteiger charge is 2.01. The van der Waals surface area contributed by atoms with E-state index in [0.29, 0.717) is 23.1 Å². The number of carbonyl (C=O) groups is 1. The number of carbonyl (C=O) groups excluding carboxylic acids is 1. The first-order chi connectivity index (χ1) is 11.6. The summed E-state index contributed by atoms with van der Waals surface area (Å²) < 4.78 is 0. The van der Waals surface area contributed by atoms with E-state index >= 15 is 0 Å². The van der Waals surface area contributed by atoms with Gasteiger partial charge in [0.1, 0.15) is 5.82 Å². The standard InChI is InChI=1S/C10H9N3O2.C8H10O/c14-6-11-5-9-12-8-4-2-1-3-7(8)10(15)13-9;1-7(9)8-5-3-2-4-6-8/h1-4,6H,5H2,(H,11,14)(H,12,13,15);2-7,9H,1H3. The van der Waals surface area contributed by atoms with Crippen LogP contribution >= 0.6 is 0 Å². The highest BCUT2D eigenvalue weighted by molar-refractivity contribution is 5.77. The Bertz CT molecular complexity index is 845. The van der Waals surface area contributed by atoms with Crippen LogP contribution in [0.2, 0.25) is 0 Å². The summed E-state index contributed by atoms with van der Waals surface area (Å²) in [6, 6.07) is 16.6. The molecule has 3 rings (SSSR count). The second kappa shape index (κ2) is 8.59. The van der Waals surface area contributed by atoms with E-state index in [2.05, 4.69) is 15.3 Å². The summed E-state index contributed by atoms with van der Waals surface area (Å²) >= 11 is 0. The van der Waals surface area contributed by atoms with E-state index in [1.54, 1.807) is 25.1 Å². The van der Waals surface area contributed by atoms with E-state index in [1.807, 2.05) is 36.4 Å². The molecule has 0 radical (unpaired) electrons. The lowest BCUT2D eigenvalue weighted by Crippen LogP contribution is -2.18. The van der Waals surface area contributed by atoms with Gasteiger partial charge in [-0.05, 0) is 24.6 Å². The van der Waals surface area contributed by atoms with Gasteiger partial charge < -0.3 is 15.4 Å². The number of aromatic amines is 1. The van der Waals surface area contributed by atoms with E-state index in [1.165, 1.54) is 0 Å². The minimum absolute atomic E-state index is 0.191. The first kappa shape index (κ1) is 17.4. The van der Waals surface area contributed by atoms with Gasteiger partial charge in [-0.2, -0.15) is 0 Å². The lowest BCUT2D eigenvalue weighted by molar-refractivity contribution is -0.109. The number of rotatable bonds is 4. The zero-order valence-corrected chi connectivity index (χ0v) is 13.3.